The van der Waals surface area contributed by atoms with Gasteiger partial charge in [0.05, 0.1) is 22.1 Å². The second kappa shape index (κ2) is 6.25. The van der Waals surface area contributed by atoms with Crippen molar-refractivity contribution in [3.05, 3.63) is 39.9 Å². The zero-order valence-corrected chi connectivity index (χ0v) is 12.5. The number of hydrogen-bond donors (Lipinski definition) is 1. The lowest BCUT2D eigenvalue weighted by Gasteiger charge is -2.10. The molecule has 2 aromatic rings. The molecule has 1 heterocycles. The minimum absolute atomic E-state index is 0.271. The average molecular weight is 327 g/mol. The lowest BCUT2D eigenvalue weighted by atomic mass is 10.2. The zero-order chi connectivity index (χ0) is 13.8. The standard InChI is InChI=1S/C13H16BrFN4/c1-3-4-16-7-10-8-17-18-19(10)13-6-11(14)12(15)5-9(13)2/h5-6,8,16H,3-4,7H2,1-2H3. The number of nitrogens with zero attached hydrogens (tertiary/aromatic N) is 3. The minimum atomic E-state index is -0.271. The van der Waals surface area contributed by atoms with Gasteiger partial charge in [-0.3, -0.25) is 0 Å². The van der Waals surface area contributed by atoms with Crippen molar-refractivity contribution >= 4 is 15.9 Å². The number of benzene rings is 1. The van der Waals surface area contributed by atoms with Crippen LogP contribution in [0.2, 0.25) is 0 Å². The van der Waals surface area contributed by atoms with Crippen molar-refractivity contribution in [1.82, 2.24) is 20.3 Å². The third-order valence-corrected chi connectivity index (χ3v) is 3.43. The van der Waals surface area contributed by atoms with Crippen LogP contribution < -0.4 is 5.32 Å². The molecule has 0 aliphatic carbocycles. The van der Waals surface area contributed by atoms with Gasteiger partial charge in [-0.05, 0) is 53.5 Å². The molecule has 0 unspecified atom stereocenters. The molecule has 0 saturated heterocycles. The molecule has 0 aliphatic heterocycles. The van der Waals surface area contributed by atoms with Crippen LogP contribution in [0.5, 0.6) is 0 Å². The van der Waals surface area contributed by atoms with E-state index in [1.807, 2.05) is 6.92 Å². The topological polar surface area (TPSA) is 42.7 Å². The van der Waals surface area contributed by atoms with E-state index in [4.69, 9.17) is 0 Å². The van der Waals surface area contributed by atoms with Crippen molar-refractivity contribution in [2.45, 2.75) is 26.8 Å². The molecule has 0 radical (unpaired) electrons. The van der Waals surface area contributed by atoms with E-state index in [1.54, 1.807) is 16.9 Å². The van der Waals surface area contributed by atoms with E-state index in [9.17, 15) is 4.39 Å². The van der Waals surface area contributed by atoms with Crippen LogP contribution in [0, 0.1) is 12.7 Å². The molecular weight excluding hydrogens is 311 g/mol. The summed E-state index contributed by atoms with van der Waals surface area (Å²) in [4.78, 5) is 0. The maximum atomic E-state index is 13.4. The Balaban J connectivity index is 2.32. The highest BCUT2D eigenvalue weighted by atomic mass is 79.9. The molecule has 2 rings (SSSR count). The van der Waals surface area contributed by atoms with Crippen molar-refractivity contribution < 1.29 is 4.39 Å². The third-order valence-electron chi connectivity index (χ3n) is 2.82. The molecule has 0 saturated carbocycles. The average Bonchev–Trinajstić information content (AvgIpc) is 2.82. The summed E-state index contributed by atoms with van der Waals surface area (Å²) in [5.41, 5.74) is 2.61. The van der Waals surface area contributed by atoms with Gasteiger partial charge >= 0.3 is 0 Å². The number of aromatic nitrogens is 3. The monoisotopic (exact) mass is 326 g/mol. The van der Waals surface area contributed by atoms with Crippen LogP contribution in [0.1, 0.15) is 24.6 Å². The first-order chi connectivity index (χ1) is 9.13. The van der Waals surface area contributed by atoms with Crippen LogP contribution in [-0.2, 0) is 6.54 Å². The summed E-state index contributed by atoms with van der Waals surface area (Å²) in [5.74, 6) is -0.271. The lowest BCUT2D eigenvalue weighted by molar-refractivity contribution is 0.615. The number of nitrogens with one attached hydrogen (secondary N) is 1. The van der Waals surface area contributed by atoms with Crippen molar-refractivity contribution in [1.29, 1.82) is 0 Å². The summed E-state index contributed by atoms with van der Waals surface area (Å²) in [5, 5.41) is 11.3. The van der Waals surface area contributed by atoms with Gasteiger partial charge in [0.1, 0.15) is 5.82 Å². The van der Waals surface area contributed by atoms with Crippen molar-refractivity contribution in [2.24, 2.45) is 0 Å². The molecule has 1 N–H and O–H groups in total. The Hall–Kier alpha value is -1.27. The summed E-state index contributed by atoms with van der Waals surface area (Å²) in [6.07, 6.45) is 2.79. The van der Waals surface area contributed by atoms with Gasteiger partial charge in [0.25, 0.3) is 0 Å². The van der Waals surface area contributed by atoms with Gasteiger partial charge in [-0.2, -0.15) is 0 Å². The molecule has 0 bridgehead atoms. The second-order valence-electron chi connectivity index (χ2n) is 4.37. The Labute approximate surface area is 120 Å². The Bertz CT molecular complexity index is 568. The molecule has 0 fully saturated rings. The molecule has 1 aromatic heterocycles. The number of halogens is 2. The van der Waals surface area contributed by atoms with Crippen molar-refractivity contribution in [3.8, 4) is 5.69 Å². The maximum Gasteiger partial charge on any atom is 0.137 e. The van der Waals surface area contributed by atoms with E-state index in [0.29, 0.717) is 11.0 Å². The lowest BCUT2D eigenvalue weighted by Crippen LogP contribution is -2.17. The summed E-state index contributed by atoms with van der Waals surface area (Å²) >= 11 is 3.20. The van der Waals surface area contributed by atoms with Crippen LogP contribution in [0.25, 0.3) is 5.69 Å². The smallest absolute Gasteiger partial charge is 0.137 e. The number of rotatable bonds is 5. The first kappa shape index (κ1) is 14.1. The van der Waals surface area contributed by atoms with Gasteiger partial charge in [0, 0.05) is 6.54 Å². The first-order valence-corrected chi connectivity index (χ1v) is 6.99. The molecule has 102 valence electrons. The van der Waals surface area contributed by atoms with Crippen LogP contribution in [0.4, 0.5) is 4.39 Å². The molecule has 19 heavy (non-hydrogen) atoms. The van der Waals surface area contributed by atoms with Crippen LogP contribution >= 0.6 is 15.9 Å². The normalized spacial score (nSPS) is 10.9. The van der Waals surface area contributed by atoms with E-state index < -0.39 is 0 Å². The summed E-state index contributed by atoms with van der Waals surface area (Å²) in [6, 6.07) is 3.22. The molecule has 0 atom stereocenters. The fourth-order valence-electron chi connectivity index (χ4n) is 1.84. The van der Waals surface area contributed by atoms with Gasteiger partial charge in [0.15, 0.2) is 0 Å². The second-order valence-corrected chi connectivity index (χ2v) is 5.22. The Morgan fingerprint density at radius 1 is 1.42 bits per heavy atom. The molecule has 0 spiro atoms. The van der Waals surface area contributed by atoms with Crippen molar-refractivity contribution in [2.75, 3.05) is 6.54 Å². The van der Waals surface area contributed by atoms with Gasteiger partial charge in [0.2, 0.25) is 0 Å². The summed E-state index contributed by atoms with van der Waals surface area (Å²) in [7, 11) is 0. The highest BCUT2D eigenvalue weighted by Crippen LogP contribution is 2.23. The Kier molecular flexibility index (Phi) is 4.66. The van der Waals surface area contributed by atoms with E-state index in [1.165, 1.54) is 6.07 Å². The highest BCUT2D eigenvalue weighted by Gasteiger charge is 2.11. The Morgan fingerprint density at radius 2 is 2.21 bits per heavy atom. The summed E-state index contributed by atoms with van der Waals surface area (Å²) in [6.45, 7) is 5.60. The predicted octanol–water partition coefficient (Wildman–Crippen LogP) is 2.98. The maximum absolute atomic E-state index is 13.4. The fraction of sp³-hybridized carbons (Fsp3) is 0.385. The minimum Gasteiger partial charge on any atom is -0.311 e. The molecule has 0 amide bonds. The van der Waals surface area contributed by atoms with E-state index in [2.05, 4.69) is 38.5 Å². The molecule has 4 nitrogen and oxygen atoms in total. The Morgan fingerprint density at radius 3 is 2.95 bits per heavy atom. The van der Waals surface area contributed by atoms with Gasteiger partial charge in [-0.25, -0.2) is 9.07 Å². The number of aryl methyl sites for hydroxylation is 1. The zero-order valence-electron chi connectivity index (χ0n) is 11.0. The quantitative estimate of drug-likeness (QED) is 0.859. The summed E-state index contributed by atoms with van der Waals surface area (Å²) < 4.78 is 15.6. The number of hydrogen-bond acceptors (Lipinski definition) is 3. The van der Waals surface area contributed by atoms with E-state index in [0.717, 1.165) is 29.9 Å². The van der Waals surface area contributed by atoms with Gasteiger partial charge in [-0.15, -0.1) is 5.10 Å². The molecule has 0 aliphatic rings. The van der Waals surface area contributed by atoms with Crippen LogP contribution in [0.3, 0.4) is 0 Å². The molecular formula is C13H16BrFN4. The van der Waals surface area contributed by atoms with E-state index >= 15 is 0 Å². The van der Waals surface area contributed by atoms with Crippen LogP contribution in [0.15, 0.2) is 22.8 Å². The SMILES string of the molecule is CCCNCc1cnnn1-c1cc(Br)c(F)cc1C. The van der Waals surface area contributed by atoms with Gasteiger partial charge < -0.3 is 5.32 Å². The largest absolute Gasteiger partial charge is 0.311 e. The van der Waals surface area contributed by atoms with E-state index in [-0.39, 0.29) is 5.82 Å². The first-order valence-electron chi connectivity index (χ1n) is 6.19. The molecule has 1 aromatic carbocycles. The fourth-order valence-corrected chi connectivity index (χ4v) is 2.17. The molecule has 6 heteroatoms. The van der Waals surface area contributed by atoms with Crippen molar-refractivity contribution in [3.63, 3.8) is 0 Å². The van der Waals surface area contributed by atoms with Gasteiger partial charge in [-0.1, -0.05) is 12.1 Å². The highest BCUT2D eigenvalue weighted by molar-refractivity contribution is 9.10. The third kappa shape index (κ3) is 3.19. The predicted molar refractivity (Wildman–Crippen MR) is 75.8 cm³/mol. The van der Waals surface area contributed by atoms with Crippen LogP contribution in [-0.4, -0.2) is 21.5 Å².